The normalized spacial score (nSPS) is 16.9. The van der Waals surface area contributed by atoms with Crippen molar-refractivity contribution in [1.82, 2.24) is 9.88 Å². The molecule has 25 heavy (non-hydrogen) atoms. The zero-order valence-electron chi connectivity index (χ0n) is 14.3. The number of rotatable bonds is 3. The molecule has 0 saturated carbocycles. The van der Waals surface area contributed by atoms with E-state index < -0.39 is 0 Å². The minimum absolute atomic E-state index is 0.0764. The fourth-order valence-corrected chi connectivity index (χ4v) is 3.98. The molecule has 3 nitrogen and oxygen atoms in total. The molecule has 1 aliphatic heterocycles. The number of nitrogens with zero attached hydrogens (tertiary/aromatic N) is 1. The lowest BCUT2D eigenvalue weighted by atomic mass is 9.92. The molecule has 1 unspecified atom stereocenters. The molecule has 1 amide bonds. The van der Waals surface area contributed by atoms with Crippen molar-refractivity contribution in [3.05, 3.63) is 70.4 Å². The number of carbonyl (C=O) groups is 1. The van der Waals surface area contributed by atoms with Crippen LogP contribution in [-0.2, 0) is 11.2 Å². The first-order chi connectivity index (χ1) is 12.2. The molecule has 0 saturated heterocycles. The fraction of sp³-hybridized carbons (Fsp3) is 0.286. The maximum absolute atomic E-state index is 12.8. The number of fused-ring (bicyclic) bond motifs is 3. The number of para-hydroxylation sites is 1. The van der Waals surface area contributed by atoms with Crippen LogP contribution in [0.2, 0.25) is 5.02 Å². The summed E-state index contributed by atoms with van der Waals surface area (Å²) < 4.78 is 0. The van der Waals surface area contributed by atoms with E-state index >= 15 is 0 Å². The Labute approximate surface area is 152 Å². The second kappa shape index (κ2) is 6.57. The number of nitrogens with one attached hydrogen (secondary N) is 1. The molecule has 0 fully saturated rings. The molecule has 1 N–H and O–H groups in total. The highest BCUT2D eigenvalue weighted by Gasteiger charge is 2.33. The van der Waals surface area contributed by atoms with Crippen molar-refractivity contribution in [3.63, 3.8) is 0 Å². The summed E-state index contributed by atoms with van der Waals surface area (Å²) in [6.45, 7) is 2.80. The fourth-order valence-electron chi connectivity index (χ4n) is 3.86. The molecule has 0 aliphatic carbocycles. The van der Waals surface area contributed by atoms with Crippen LogP contribution in [-0.4, -0.2) is 22.3 Å². The van der Waals surface area contributed by atoms with Crippen LogP contribution in [0.15, 0.2) is 48.5 Å². The van der Waals surface area contributed by atoms with Crippen molar-refractivity contribution in [2.24, 2.45) is 0 Å². The van der Waals surface area contributed by atoms with Crippen LogP contribution in [0.1, 0.15) is 42.6 Å². The van der Waals surface area contributed by atoms with Crippen LogP contribution in [0.25, 0.3) is 10.9 Å². The maximum atomic E-state index is 12.8. The summed E-state index contributed by atoms with van der Waals surface area (Å²) >= 11 is 6.08. The van der Waals surface area contributed by atoms with Gasteiger partial charge in [-0.2, -0.15) is 0 Å². The summed E-state index contributed by atoms with van der Waals surface area (Å²) in [5.41, 5.74) is 4.70. The molecule has 2 heterocycles. The standard InChI is InChI=1S/C21H21ClN2O/c1-2-5-19(25)24-13-12-17-16-6-3-4-7-18(16)23-20(17)21(24)14-8-10-15(22)11-9-14/h3-4,6-11,21,23H,2,5,12-13H2,1H3. The molecule has 1 aliphatic rings. The number of aromatic amines is 1. The zero-order valence-corrected chi connectivity index (χ0v) is 15.0. The second-order valence-corrected chi connectivity index (χ2v) is 7.04. The van der Waals surface area contributed by atoms with Gasteiger partial charge in [0.25, 0.3) is 0 Å². The molecule has 128 valence electrons. The summed E-state index contributed by atoms with van der Waals surface area (Å²) in [6, 6.07) is 16.2. The number of aromatic nitrogens is 1. The molecule has 3 aromatic rings. The molecule has 0 bridgehead atoms. The van der Waals surface area contributed by atoms with Crippen molar-refractivity contribution in [3.8, 4) is 0 Å². The van der Waals surface area contributed by atoms with Crippen molar-refractivity contribution < 1.29 is 4.79 Å². The van der Waals surface area contributed by atoms with Gasteiger partial charge < -0.3 is 9.88 Å². The molecule has 1 atom stereocenters. The summed E-state index contributed by atoms with van der Waals surface area (Å²) in [5, 5.41) is 1.97. The van der Waals surface area contributed by atoms with E-state index in [0.29, 0.717) is 11.4 Å². The topological polar surface area (TPSA) is 36.1 Å². The van der Waals surface area contributed by atoms with Crippen molar-refractivity contribution in [1.29, 1.82) is 0 Å². The third-order valence-electron chi connectivity index (χ3n) is 5.00. The number of H-pyrrole nitrogens is 1. The quantitative estimate of drug-likeness (QED) is 0.699. The summed E-state index contributed by atoms with van der Waals surface area (Å²) in [4.78, 5) is 18.4. The molecular formula is C21H21ClN2O. The van der Waals surface area contributed by atoms with E-state index in [1.54, 1.807) is 0 Å². The van der Waals surface area contributed by atoms with Gasteiger partial charge in [0.1, 0.15) is 0 Å². The Kier molecular flexibility index (Phi) is 4.26. The Morgan fingerprint density at radius 3 is 2.72 bits per heavy atom. The third kappa shape index (κ3) is 2.83. The van der Waals surface area contributed by atoms with Crippen molar-refractivity contribution in [2.45, 2.75) is 32.2 Å². The average Bonchev–Trinajstić information content (AvgIpc) is 3.00. The van der Waals surface area contributed by atoms with Crippen molar-refractivity contribution >= 4 is 28.4 Å². The van der Waals surface area contributed by atoms with Gasteiger partial charge >= 0.3 is 0 Å². The van der Waals surface area contributed by atoms with Crippen LogP contribution in [0.5, 0.6) is 0 Å². The lowest BCUT2D eigenvalue weighted by Crippen LogP contribution is -2.40. The SMILES string of the molecule is CCCC(=O)N1CCc2c([nH]c3ccccc23)C1c1ccc(Cl)cc1. The monoisotopic (exact) mass is 352 g/mol. The number of carbonyl (C=O) groups excluding carboxylic acids is 1. The first kappa shape index (κ1) is 16.2. The molecule has 4 rings (SSSR count). The number of halogens is 1. The van der Waals surface area contributed by atoms with Gasteiger partial charge in [-0.15, -0.1) is 0 Å². The first-order valence-electron chi connectivity index (χ1n) is 8.83. The Morgan fingerprint density at radius 2 is 1.96 bits per heavy atom. The Balaban J connectivity index is 1.87. The second-order valence-electron chi connectivity index (χ2n) is 6.60. The summed E-state index contributed by atoms with van der Waals surface area (Å²) in [5.74, 6) is 0.215. The Hall–Kier alpha value is -2.26. The van der Waals surface area contributed by atoms with Crippen LogP contribution in [0.3, 0.4) is 0 Å². The van der Waals surface area contributed by atoms with Gasteiger partial charge in [0, 0.05) is 34.6 Å². The number of benzene rings is 2. The predicted molar refractivity (Wildman–Crippen MR) is 102 cm³/mol. The minimum atomic E-state index is -0.0764. The van der Waals surface area contributed by atoms with E-state index in [9.17, 15) is 4.79 Å². The number of hydrogen-bond donors (Lipinski definition) is 1. The highest BCUT2D eigenvalue weighted by atomic mass is 35.5. The van der Waals surface area contributed by atoms with Gasteiger partial charge in [0.05, 0.1) is 6.04 Å². The van der Waals surface area contributed by atoms with Crippen LogP contribution in [0.4, 0.5) is 0 Å². The van der Waals surface area contributed by atoms with Gasteiger partial charge in [0.2, 0.25) is 5.91 Å². The molecule has 2 aromatic carbocycles. The number of hydrogen-bond acceptors (Lipinski definition) is 1. The van der Waals surface area contributed by atoms with Crippen LogP contribution in [0, 0.1) is 0 Å². The van der Waals surface area contributed by atoms with Gasteiger partial charge in [-0.1, -0.05) is 48.9 Å². The lowest BCUT2D eigenvalue weighted by molar-refractivity contribution is -0.133. The smallest absolute Gasteiger partial charge is 0.223 e. The Morgan fingerprint density at radius 1 is 1.20 bits per heavy atom. The predicted octanol–water partition coefficient (Wildman–Crippen LogP) is 5.10. The summed E-state index contributed by atoms with van der Waals surface area (Å²) in [7, 11) is 0. The van der Waals surface area contributed by atoms with Gasteiger partial charge in [-0.3, -0.25) is 4.79 Å². The van der Waals surface area contributed by atoms with Gasteiger partial charge in [-0.25, -0.2) is 0 Å². The van der Waals surface area contributed by atoms with E-state index in [4.69, 9.17) is 11.6 Å². The average molecular weight is 353 g/mol. The molecule has 0 radical (unpaired) electrons. The zero-order chi connectivity index (χ0) is 17.4. The van der Waals surface area contributed by atoms with E-state index in [1.165, 1.54) is 10.9 Å². The highest BCUT2D eigenvalue weighted by molar-refractivity contribution is 6.30. The molecular weight excluding hydrogens is 332 g/mol. The maximum Gasteiger partial charge on any atom is 0.223 e. The molecule has 1 aromatic heterocycles. The van der Waals surface area contributed by atoms with E-state index in [1.807, 2.05) is 42.2 Å². The number of amides is 1. The van der Waals surface area contributed by atoms with E-state index in [-0.39, 0.29) is 11.9 Å². The van der Waals surface area contributed by atoms with Crippen LogP contribution >= 0.6 is 11.6 Å². The van der Waals surface area contributed by atoms with E-state index in [2.05, 4.69) is 23.2 Å². The summed E-state index contributed by atoms with van der Waals surface area (Å²) in [6.07, 6.45) is 2.33. The highest BCUT2D eigenvalue weighted by Crippen LogP contribution is 2.38. The molecule has 0 spiro atoms. The van der Waals surface area contributed by atoms with Crippen molar-refractivity contribution in [2.75, 3.05) is 6.54 Å². The van der Waals surface area contributed by atoms with Gasteiger partial charge in [0.15, 0.2) is 0 Å². The third-order valence-corrected chi connectivity index (χ3v) is 5.26. The minimum Gasteiger partial charge on any atom is -0.356 e. The molecule has 4 heteroatoms. The largest absolute Gasteiger partial charge is 0.356 e. The first-order valence-corrected chi connectivity index (χ1v) is 9.21. The lowest BCUT2D eigenvalue weighted by Gasteiger charge is -2.36. The Bertz CT molecular complexity index is 913. The van der Waals surface area contributed by atoms with Crippen LogP contribution < -0.4 is 0 Å². The van der Waals surface area contributed by atoms with Gasteiger partial charge in [-0.05, 0) is 42.2 Å². The van der Waals surface area contributed by atoms with E-state index in [0.717, 1.165) is 36.2 Å².